The van der Waals surface area contributed by atoms with Crippen molar-refractivity contribution >= 4 is 15.7 Å². The van der Waals surface area contributed by atoms with E-state index in [4.69, 9.17) is 5.73 Å². The minimum absolute atomic E-state index is 0.138. The molecule has 0 unspecified atom stereocenters. The molecular formula is C14H20N2O2S. The summed E-state index contributed by atoms with van der Waals surface area (Å²) in [7, 11) is -3.27. The number of anilines is 1. The van der Waals surface area contributed by atoms with Gasteiger partial charge in [-0.1, -0.05) is 25.7 Å². The van der Waals surface area contributed by atoms with Gasteiger partial charge < -0.3 is 5.73 Å². The second-order valence-electron chi connectivity index (χ2n) is 4.69. The Kier molecular flexibility index (Phi) is 5.87. The van der Waals surface area contributed by atoms with E-state index in [0.29, 0.717) is 24.6 Å². The molecule has 4 nitrogen and oxygen atoms in total. The molecule has 19 heavy (non-hydrogen) atoms. The molecule has 0 radical (unpaired) electrons. The number of benzene rings is 1. The summed E-state index contributed by atoms with van der Waals surface area (Å²) in [5, 5.41) is 0. The highest BCUT2D eigenvalue weighted by Gasteiger charge is 2.11. The normalized spacial score (nSPS) is 10.9. The molecule has 1 aromatic rings. The highest BCUT2D eigenvalue weighted by atomic mass is 32.2. The standard InChI is InChI=1S/C14H20N2O2S/c1-12(2)9-11-19(17,18)16-14-7-5-13(6-8-14)4-3-10-15/h5-8,12,16H,9-11,15H2,1-2H3. The van der Waals surface area contributed by atoms with Crippen molar-refractivity contribution in [2.24, 2.45) is 11.7 Å². The van der Waals surface area contributed by atoms with E-state index in [-0.39, 0.29) is 5.75 Å². The SMILES string of the molecule is CC(C)CCS(=O)(=O)Nc1ccc(C#CCN)cc1. The first-order chi connectivity index (χ1) is 8.93. The van der Waals surface area contributed by atoms with E-state index in [2.05, 4.69) is 16.6 Å². The molecule has 0 saturated heterocycles. The Hall–Kier alpha value is -1.51. The van der Waals surface area contributed by atoms with Crippen molar-refractivity contribution in [2.75, 3.05) is 17.0 Å². The highest BCUT2D eigenvalue weighted by molar-refractivity contribution is 7.92. The van der Waals surface area contributed by atoms with Gasteiger partial charge in [-0.05, 0) is 36.6 Å². The summed E-state index contributed by atoms with van der Waals surface area (Å²) in [5.41, 5.74) is 6.65. The first-order valence-electron chi connectivity index (χ1n) is 6.22. The molecule has 0 bridgehead atoms. The summed E-state index contributed by atoms with van der Waals surface area (Å²) < 4.78 is 26.2. The van der Waals surface area contributed by atoms with E-state index in [0.717, 1.165) is 5.56 Å². The molecular weight excluding hydrogens is 260 g/mol. The lowest BCUT2D eigenvalue weighted by Crippen LogP contribution is -2.17. The van der Waals surface area contributed by atoms with Gasteiger partial charge in [0.25, 0.3) is 0 Å². The molecule has 1 rings (SSSR count). The number of rotatable bonds is 5. The third-order valence-corrected chi connectivity index (χ3v) is 3.78. The summed E-state index contributed by atoms with van der Waals surface area (Å²) in [6.07, 6.45) is 0.648. The molecule has 3 N–H and O–H groups in total. The van der Waals surface area contributed by atoms with Gasteiger partial charge in [0, 0.05) is 11.3 Å². The molecule has 0 aromatic heterocycles. The second-order valence-corrected chi connectivity index (χ2v) is 6.53. The fourth-order valence-corrected chi connectivity index (χ4v) is 2.78. The van der Waals surface area contributed by atoms with Gasteiger partial charge in [-0.15, -0.1) is 0 Å². The van der Waals surface area contributed by atoms with Crippen LogP contribution < -0.4 is 10.5 Å². The first kappa shape index (κ1) is 15.5. The maximum Gasteiger partial charge on any atom is 0.232 e. The highest BCUT2D eigenvalue weighted by Crippen LogP contribution is 2.12. The maximum atomic E-state index is 11.8. The molecule has 0 fully saturated rings. The Morgan fingerprint density at radius 1 is 1.26 bits per heavy atom. The lowest BCUT2D eigenvalue weighted by molar-refractivity contribution is 0.578. The Labute approximate surface area is 115 Å². The Morgan fingerprint density at radius 3 is 2.42 bits per heavy atom. The molecule has 0 aliphatic rings. The van der Waals surface area contributed by atoms with Gasteiger partial charge in [-0.2, -0.15) is 0 Å². The molecule has 0 aliphatic heterocycles. The van der Waals surface area contributed by atoms with Crippen molar-refractivity contribution in [2.45, 2.75) is 20.3 Å². The van der Waals surface area contributed by atoms with Crippen LogP contribution in [0.5, 0.6) is 0 Å². The number of nitrogens with one attached hydrogen (secondary N) is 1. The predicted molar refractivity (Wildman–Crippen MR) is 79.2 cm³/mol. The predicted octanol–water partition coefficient (Wildman–Crippen LogP) is 1.78. The average molecular weight is 280 g/mol. The van der Waals surface area contributed by atoms with Crippen LogP contribution in [0.4, 0.5) is 5.69 Å². The number of sulfonamides is 1. The summed E-state index contributed by atoms with van der Waals surface area (Å²) in [5.74, 6) is 6.13. The van der Waals surface area contributed by atoms with E-state index in [1.807, 2.05) is 13.8 Å². The number of nitrogens with two attached hydrogens (primary N) is 1. The van der Waals surface area contributed by atoms with Crippen LogP contribution >= 0.6 is 0 Å². The van der Waals surface area contributed by atoms with Crippen molar-refractivity contribution in [1.29, 1.82) is 0 Å². The van der Waals surface area contributed by atoms with Crippen LogP contribution in [-0.2, 0) is 10.0 Å². The molecule has 1 aromatic carbocycles. The molecule has 0 saturated carbocycles. The van der Waals surface area contributed by atoms with Gasteiger partial charge in [0.1, 0.15) is 0 Å². The van der Waals surface area contributed by atoms with Crippen LogP contribution in [0.25, 0.3) is 0 Å². The van der Waals surface area contributed by atoms with E-state index in [1.54, 1.807) is 24.3 Å². The summed E-state index contributed by atoms with van der Waals surface area (Å²) in [6.45, 7) is 4.31. The molecule has 0 atom stereocenters. The summed E-state index contributed by atoms with van der Waals surface area (Å²) >= 11 is 0. The fraction of sp³-hybridized carbons (Fsp3) is 0.429. The maximum absolute atomic E-state index is 11.8. The van der Waals surface area contributed by atoms with Crippen LogP contribution in [0.2, 0.25) is 0 Å². The Morgan fingerprint density at radius 2 is 1.89 bits per heavy atom. The topological polar surface area (TPSA) is 72.2 Å². The van der Waals surface area contributed by atoms with Crippen LogP contribution in [0.15, 0.2) is 24.3 Å². The van der Waals surface area contributed by atoms with Crippen molar-refractivity contribution in [1.82, 2.24) is 0 Å². The zero-order valence-corrected chi connectivity index (χ0v) is 12.1. The second kappa shape index (κ2) is 7.17. The van der Waals surface area contributed by atoms with E-state index < -0.39 is 10.0 Å². The quantitative estimate of drug-likeness (QED) is 0.808. The Balaban J connectivity index is 2.67. The van der Waals surface area contributed by atoms with E-state index >= 15 is 0 Å². The van der Waals surface area contributed by atoms with E-state index in [1.165, 1.54) is 0 Å². The van der Waals surface area contributed by atoms with Gasteiger partial charge in [-0.3, -0.25) is 4.72 Å². The number of hydrogen-bond acceptors (Lipinski definition) is 3. The first-order valence-corrected chi connectivity index (χ1v) is 7.87. The zero-order chi connectivity index (χ0) is 14.3. The molecule has 0 spiro atoms. The van der Waals surface area contributed by atoms with Gasteiger partial charge in [0.05, 0.1) is 12.3 Å². The lowest BCUT2D eigenvalue weighted by atomic mass is 10.2. The third kappa shape index (κ3) is 6.27. The largest absolute Gasteiger partial charge is 0.320 e. The fourth-order valence-electron chi connectivity index (χ4n) is 1.40. The van der Waals surface area contributed by atoms with Crippen LogP contribution in [0.1, 0.15) is 25.8 Å². The van der Waals surface area contributed by atoms with Crippen molar-refractivity contribution in [3.05, 3.63) is 29.8 Å². The van der Waals surface area contributed by atoms with Gasteiger partial charge >= 0.3 is 0 Å². The van der Waals surface area contributed by atoms with Gasteiger partial charge in [0.15, 0.2) is 0 Å². The van der Waals surface area contributed by atoms with Crippen molar-refractivity contribution < 1.29 is 8.42 Å². The van der Waals surface area contributed by atoms with Crippen LogP contribution in [-0.4, -0.2) is 20.7 Å². The monoisotopic (exact) mass is 280 g/mol. The van der Waals surface area contributed by atoms with Crippen LogP contribution in [0.3, 0.4) is 0 Å². The lowest BCUT2D eigenvalue weighted by Gasteiger charge is -2.09. The minimum Gasteiger partial charge on any atom is -0.320 e. The summed E-state index contributed by atoms with van der Waals surface area (Å²) in [4.78, 5) is 0. The molecule has 104 valence electrons. The smallest absolute Gasteiger partial charge is 0.232 e. The van der Waals surface area contributed by atoms with Crippen molar-refractivity contribution in [3.8, 4) is 11.8 Å². The van der Waals surface area contributed by atoms with Crippen LogP contribution in [0, 0.1) is 17.8 Å². The zero-order valence-electron chi connectivity index (χ0n) is 11.3. The van der Waals surface area contributed by atoms with E-state index in [9.17, 15) is 8.42 Å². The molecule has 0 amide bonds. The molecule has 0 aliphatic carbocycles. The van der Waals surface area contributed by atoms with Gasteiger partial charge in [0.2, 0.25) is 10.0 Å². The average Bonchev–Trinajstić information content (AvgIpc) is 2.35. The van der Waals surface area contributed by atoms with Gasteiger partial charge in [-0.25, -0.2) is 8.42 Å². The Bertz CT molecular complexity index is 551. The number of hydrogen-bond donors (Lipinski definition) is 2. The third-order valence-electron chi connectivity index (χ3n) is 2.46. The molecule has 5 heteroatoms. The molecule has 0 heterocycles. The minimum atomic E-state index is -3.27. The van der Waals surface area contributed by atoms with Crippen molar-refractivity contribution in [3.63, 3.8) is 0 Å². The summed E-state index contributed by atoms with van der Waals surface area (Å²) in [6, 6.07) is 6.94.